The lowest BCUT2D eigenvalue weighted by Crippen LogP contribution is -2.22. The average Bonchev–Trinajstić information content (AvgIpc) is 2.85. The molecule has 0 atom stereocenters. The summed E-state index contributed by atoms with van der Waals surface area (Å²) in [5.41, 5.74) is 3.86. The second-order valence-electron chi connectivity index (χ2n) is 7.81. The summed E-state index contributed by atoms with van der Waals surface area (Å²) in [6.07, 6.45) is 0. The number of fused-ring (bicyclic) bond motifs is 1. The lowest BCUT2D eigenvalue weighted by molar-refractivity contribution is 0.103. The van der Waals surface area contributed by atoms with Gasteiger partial charge < -0.3 is 0 Å². The van der Waals surface area contributed by atoms with E-state index in [9.17, 15) is 9.59 Å². The van der Waals surface area contributed by atoms with Crippen LogP contribution >= 0.6 is 15.9 Å². The van der Waals surface area contributed by atoms with Gasteiger partial charge in [-0.3, -0.25) is 14.2 Å². The maximum atomic E-state index is 13.6. The lowest BCUT2D eigenvalue weighted by atomic mass is 9.97. The van der Waals surface area contributed by atoms with Crippen molar-refractivity contribution in [2.24, 2.45) is 0 Å². The summed E-state index contributed by atoms with van der Waals surface area (Å²) in [6.45, 7) is 2.00. The summed E-state index contributed by atoms with van der Waals surface area (Å²) in [7, 11) is 0. The highest BCUT2D eigenvalue weighted by atomic mass is 79.9. The van der Waals surface area contributed by atoms with Crippen molar-refractivity contribution in [2.75, 3.05) is 0 Å². The Labute approximate surface area is 199 Å². The molecule has 0 aliphatic heterocycles. The Morgan fingerprint density at radius 3 is 2.24 bits per heavy atom. The molecule has 0 N–H and O–H groups in total. The molecule has 5 heteroatoms. The van der Waals surface area contributed by atoms with E-state index in [4.69, 9.17) is 4.98 Å². The van der Waals surface area contributed by atoms with Gasteiger partial charge in [-0.15, -0.1) is 0 Å². The van der Waals surface area contributed by atoms with E-state index in [1.807, 2.05) is 79.7 Å². The average molecular weight is 495 g/mol. The number of hydrogen-bond acceptors (Lipinski definition) is 3. The molecule has 0 radical (unpaired) electrons. The summed E-state index contributed by atoms with van der Waals surface area (Å²) >= 11 is 3.41. The smallest absolute Gasteiger partial charge is 0.266 e. The van der Waals surface area contributed by atoms with Gasteiger partial charge in [0.1, 0.15) is 5.82 Å². The normalized spacial score (nSPS) is 11.0. The predicted molar refractivity (Wildman–Crippen MR) is 135 cm³/mol. The third-order valence-electron chi connectivity index (χ3n) is 5.59. The molecule has 1 heterocycles. The van der Waals surface area contributed by atoms with Gasteiger partial charge in [-0.1, -0.05) is 70.0 Å². The molecular weight excluding hydrogens is 476 g/mol. The Bertz CT molecular complexity index is 1550. The van der Waals surface area contributed by atoms with Crippen LogP contribution < -0.4 is 5.56 Å². The maximum absolute atomic E-state index is 13.6. The molecule has 33 heavy (non-hydrogen) atoms. The lowest BCUT2D eigenvalue weighted by Gasteiger charge is -2.16. The highest BCUT2D eigenvalue weighted by molar-refractivity contribution is 9.10. The third kappa shape index (κ3) is 3.92. The van der Waals surface area contributed by atoms with Crippen LogP contribution in [0.4, 0.5) is 0 Å². The molecule has 4 aromatic carbocycles. The first-order chi connectivity index (χ1) is 16.0. The predicted octanol–water partition coefficient (Wildman–Crippen LogP) is 6.35. The van der Waals surface area contributed by atoms with Gasteiger partial charge in [0, 0.05) is 21.2 Å². The van der Waals surface area contributed by atoms with Gasteiger partial charge >= 0.3 is 0 Å². The van der Waals surface area contributed by atoms with Crippen molar-refractivity contribution in [3.8, 4) is 17.1 Å². The van der Waals surface area contributed by atoms with Crippen molar-refractivity contribution in [1.82, 2.24) is 9.55 Å². The van der Waals surface area contributed by atoms with Gasteiger partial charge in [0.25, 0.3) is 5.56 Å². The Balaban J connectivity index is 1.80. The molecule has 1 aromatic heterocycles. The van der Waals surface area contributed by atoms with Gasteiger partial charge in [-0.25, -0.2) is 4.98 Å². The fourth-order valence-electron chi connectivity index (χ4n) is 3.88. The number of carbonyl (C=O) groups excluding carboxylic acids is 1. The number of benzene rings is 4. The fraction of sp³-hybridized carbons (Fsp3) is 0.0357. The van der Waals surface area contributed by atoms with Crippen molar-refractivity contribution in [2.45, 2.75) is 6.92 Å². The van der Waals surface area contributed by atoms with E-state index in [2.05, 4.69) is 15.9 Å². The molecule has 0 fully saturated rings. The zero-order valence-corrected chi connectivity index (χ0v) is 19.4. The van der Waals surface area contributed by atoms with E-state index in [1.165, 1.54) is 0 Å². The third-order valence-corrected chi connectivity index (χ3v) is 6.12. The first-order valence-corrected chi connectivity index (χ1v) is 11.3. The molecular formula is C28H19BrN2O2. The van der Waals surface area contributed by atoms with Crippen LogP contribution in [0.3, 0.4) is 0 Å². The molecule has 0 saturated heterocycles. The highest BCUT2D eigenvalue weighted by Crippen LogP contribution is 2.27. The summed E-state index contributed by atoms with van der Waals surface area (Å²) in [5.74, 6) is 0.305. The van der Waals surface area contributed by atoms with E-state index >= 15 is 0 Å². The number of rotatable bonds is 4. The van der Waals surface area contributed by atoms with Crippen LogP contribution in [0.1, 0.15) is 21.5 Å². The fourth-order valence-corrected chi connectivity index (χ4v) is 4.14. The van der Waals surface area contributed by atoms with Gasteiger partial charge in [0.15, 0.2) is 5.78 Å². The molecule has 0 aliphatic rings. The zero-order valence-electron chi connectivity index (χ0n) is 17.8. The second kappa shape index (κ2) is 8.60. The van der Waals surface area contributed by atoms with E-state index in [1.54, 1.807) is 28.8 Å². The Hall–Kier alpha value is -3.83. The molecule has 5 aromatic rings. The Morgan fingerprint density at radius 1 is 0.818 bits per heavy atom. The van der Waals surface area contributed by atoms with Crippen LogP contribution in [0.2, 0.25) is 0 Å². The first kappa shape index (κ1) is 21.0. The van der Waals surface area contributed by atoms with Crippen LogP contribution in [0.5, 0.6) is 0 Å². The molecule has 160 valence electrons. The standard InChI is InChI=1S/C28H19BrN2O2/c1-18-10-16-21(17-11-18)31-27(30-25-9-5-4-8-24(25)28(31)33)23-7-3-2-6-22(23)26(32)19-12-14-20(29)15-13-19/h2-17H,1H3. The zero-order chi connectivity index (χ0) is 22.9. The van der Waals surface area contributed by atoms with E-state index < -0.39 is 0 Å². The molecule has 0 aliphatic carbocycles. The summed E-state index contributed by atoms with van der Waals surface area (Å²) in [6, 6.07) is 29.5. The number of hydrogen-bond donors (Lipinski definition) is 0. The topological polar surface area (TPSA) is 52.0 Å². The van der Waals surface area contributed by atoms with Crippen molar-refractivity contribution in [1.29, 1.82) is 0 Å². The number of halogens is 1. The summed E-state index contributed by atoms with van der Waals surface area (Å²) < 4.78 is 2.49. The molecule has 5 rings (SSSR count). The number of para-hydroxylation sites is 1. The van der Waals surface area contributed by atoms with Crippen LogP contribution in [0.25, 0.3) is 28.0 Å². The van der Waals surface area contributed by atoms with Gasteiger partial charge in [-0.2, -0.15) is 0 Å². The minimum atomic E-state index is -0.176. The van der Waals surface area contributed by atoms with Crippen LogP contribution in [0, 0.1) is 6.92 Å². The maximum Gasteiger partial charge on any atom is 0.266 e. The quantitative estimate of drug-likeness (QED) is 0.273. The Morgan fingerprint density at radius 2 is 1.48 bits per heavy atom. The second-order valence-corrected chi connectivity index (χ2v) is 8.73. The van der Waals surface area contributed by atoms with E-state index in [0.717, 1.165) is 10.0 Å². The molecule has 0 saturated carbocycles. The van der Waals surface area contributed by atoms with Gasteiger partial charge in [0.2, 0.25) is 0 Å². The van der Waals surface area contributed by atoms with Crippen molar-refractivity contribution < 1.29 is 4.79 Å². The largest absolute Gasteiger partial charge is 0.289 e. The number of aromatic nitrogens is 2. The van der Waals surface area contributed by atoms with Crippen molar-refractivity contribution >= 4 is 32.6 Å². The Kier molecular flexibility index (Phi) is 5.48. The first-order valence-electron chi connectivity index (χ1n) is 10.5. The molecule has 0 amide bonds. The van der Waals surface area contributed by atoms with Crippen molar-refractivity contribution in [3.63, 3.8) is 0 Å². The number of carbonyl (C=O) groups is 1. The monoisotopic (exact) mass is 494 g/mol. The molecule has 4 nitrogen and oxygen atoms in total. The SMILES string of the molecule is Cc1ccc(-n2c(-c3ccccc3C(=O)c3ccc(Br)cc3)nc3ccccc3c2=O)cc1. The van der Waals surface area contributed by atoms with Crippen molar-refractivity contribution in [3.05, 3.63) is 129 Å². The minimum Gasteiger partial charge on any atom is -0.289 e. The molecule has 0 bridgehead atoms. The number of nitrogens with zero attached hydrogens (tertiary/aromatic N) is 2. The summed E-state index contributed by atoms with van der Waals surface area (Å²) in [4.78, 5) is 32.0. The highest BCUT2D eigenvalue weighted by Gasteiger charge is 2.20. The summed E-state index contributed by atoms with van der Waals surface area (Å²) in [5, 5.41) is 0.526. The van der Waals surface area contributed by atoms with Gasteiger partial charge in [0.05, 0.1) is 16.6 Å². The number of aryl methyl sites for hydroxylation is 1. The molecule has 0 unspecified atom stereocenters. The molecule has 0 spiro atoms. The van der Waals surface area contributed by atoms with Crippen LogP contribution in [0.15, 0.2) is 106 Å². The van der Waals surface area contributed by atoms with Crippen LogP contribution in [-0.4, -0.2) is 15.3 Å². The van der Waals surface area contributed by atoms with Crippen LogP contribution in [-0.2, 0) is 0 Å². The van der Waals surface area contributed by atoms with Gasteiger partial charge in [-0.05, 0) is 55.5 Å². The van der Waals surface area contributed by atoms with E-state index in [-0.39, 0.29) is 11.3 Å². The number of ketones is 1. The van der Waals surface area contributed by atoms with E-state index in [0.29, 0.717) is 39.1 Å². The minimum absolute atomic E-state index is 0.129.